The van der Waals surface area contributed by atoms with Crippen molar-refractivity contribution in [1.82, 2.24) is 0 Å². The molecule has 2 rings (SSSR count). The van der Waals surface area contributed by atoms with Crippen molar-refractivity contribution in [2.75, 3.05) is 11.9 Å². The molecule has 1 heteroatoms. The van der Waals surface area contributed by atoms with Crippen molar-refractivity contribution in [1.29, 1.82) is 0 Å². The average Bonchev–Trinajstić information content (AvgIpc) is 2.19. The minimum absolute atomic E-state index is 0. The Hall–Kier alpha value is -0.980. The molecule has 1 aliphatic rings. The topological polar surface area (TPSA) is 12.0 Å². The second-order valence-corrected chi connectivity index (χ2v) is 3.90. The smallest absolute Gasteiger partial charge is 0.0375 e. The summed E-state index contributed by atoms with van der Waals surface area (Å²) in [4.78, 5) is 0. The van der Waals surface area contributed by atoms with Crippen LogP contribution in [0.3, 0.4) is 0 Å². The summed E-state index contributed by atoms with van der Waals surface area (Å²) in [6.45, 7) is 7.52. The van der Waals surface area contributed by atoms with Crippen LogP contribution in [-0.2, 0) is 6.42 Å². The van der Waals surface area contributed by atoms with Crippen LogP contribution in [0.15, 0.2) is 18.2 Å². The van der Waals surface area contributed by atoms with Gasteiger partial charge in [0.15, 0.2) is 0 Å². The van der Waals surface area contributed by atoms with E-state index < -0.39 is 0 Å². The highest BCUT2D eigenvalue weighted by atomic mass is 14.9. The van der Waals surface area contributed by atoms with E-state index in [-0.39, 0.29) is 1.43 Å². The fourth-order valence-electron chi connectivity index (χ4n) is 1.57. The van der Waals surface area contributed by atoms with E-state index in [1.807, 2.05) is 0 Å². The maximum absolute atomic E-state index is 3.40. The third-order valence-corrected chi connectivity index (χ3v) is 2.20. The van der Waals surface area contributed by atoms with Gasteiger partial charge in [-0.2, -0.15) is 0 Å². The molecule has 0 fully saturated rings. The molecule has 1 aromatic carbocycles. The van der Waals surface area contributed by atoms with E-state index in [4.69, 9.17) is 0 Å². The fraction of sp³-hybridized carbons (Fsp3) is 0.538. The summed E-state index contributed by atoms with van der Waals surface area (Å²) >= 11 is 0. The number of rotatable bonds is 0. The number of hydrogen-bond donors (Lipinski definition) is 1. The first kappa shape index (κ1) is 11.1. The maximum Gasteiger partial charge on any atom is 0.0375 e. The number of benzene rings is 1. The molecule has 0 aliphatic carbocycles. The van der Waals surface area contributed by atoms with Crippen LogP contribution in [-0.4, -0.2) is 6.54 Å². The zero-order valence-corrected chi connectivity index (χ0v) is 9.56. The first-order chi connectivity index (χ1) is 6.77. The van der Waals surface area contributed by atoms with Crippen LogP contribution in [0.2, 0.25) is 0 Å². The van der Waals surface area contributed by atoms with E-state index in [9.17, 15) is 0 Å². The van der Waals surface area contributed by atoms with Crippen LogP contribution in [0.5, 0.6) is 0 Å². The number of fused-ring (bicyclic) bond motifs is 1. The van der Waals surface area contributed by atoms with E-state index in [1.54, 1.807) is 0 Å². The second-order valence-electron chi connectivity index (χ2n) is 3.90. The van der Waals surface area contributed by atoms with E-state index >= 15 is 0 Å². The Kier molecular flexibility index (Phi) is 4.51. The zero-order valence-electron chi connectivity index (χ0n) is 9.56. The zero-order chi connectivity index (χ0) is 10.4. The lowest BCUT2D eigenvalue weighted by Gasteiger charge is -2.17. The number of nitrogens with one attached hydrogen (secondary N) is 1. The molecule has 1 aromatic rings. The summed E-state index contributed by atoms with van der Waals surface area (Å²) in [6, 6.07) is 6.65. The van der Waals surface area contributed by atoms with Gasteiger partial charge in [0.1, 0.15) is 0 Å². The third-order valence-electron chi connectivity index (χ3n) is 2.20. The summed E-state index contributed by atoms with van der Waals surface area (Å²) in [5.74, 6) is 0. The first-order valence-corrected chi connectivity index (χ1v) is 5.61. The molecule has 1 heterocycles. The molecule has 0 amide bonds. The van der Waals surface area contributed by atoms with Gasteiger partial charge in [0.05, 0.1) is 0 Å². The van der Waals surface area contributed by atoms with Gasteiger partial charge in [-0.25, -0.2) is 0 Å². The molecule has 0 unspecified atom stereocenters. The molecule has 0 aromatic heterocycles. The van der Waals surface area contributed by atoms with Crippen molar-refractivity contribution in [2.24, 2.45) is 0 Å². The molecule has 14 heavy (non-hydrogen) atoms. The van der Waals surface area contributed by atoms with E-state index in [2.05, 4.69) is 44.3 Å². The Labute approximate surface area is 89.0 Å². The number of anilines is 1. The summed E-state index contributed by atoms with van der Waals surface area (Å²) in [5, 5.41) is 3.40. The molecule has 1 nitrogen and oxygen atoms in total. The quantitative estimate of drug-likeness (QED) is 0.656. The Bertz CT molecular complexity index is 284. The predicted octanol–water partition coefficient (Wildman–Crippen LogP) is 4.02. The van der Waals surface area contributed by atoms with Gasteiger partial charge in [-0.05, 0) is 37.0 Å². The molecule has 0 saturated heterocycles. The maximum atomic E-state index is 3.40. The minimum atomic E-state index is 0. The van der Waals surface area contributed by atoms with Crippen LogP contribution in [0.4, 0.5) is 5.69 Å². The molecule has 0 atom stereocenters. The van der Waals surface area contributed by atoms with Gasteiger partial charge < -0.3 is 5.32 Å². The highest BCUT2D eigenvalue weighted by molar-refractivity contribution is 5.54. The van der Waals surface area contributed by atoms with Crippen LogP contribution < -0.4 is 5.32 Å². The van der Waals surface area contributed by atoms with E-state index in [0.29, 0.717) is 0 Å². The predicted molar refractivity (Wildman–Crippen MR) is 66.1 cm³/mol. The van der Waals surface area contributed by atoms with Gasteiger partial charge in [-0.1, -0.05) is 32.4 Å². The van der Waals surface area contributed by atoms with Crippen LogP contribution in [0.1, 0.15) is 39.2 Å². The Morgan fingerprint density at radius 2 is 2.07 bits per heavy atom. The summed E-state index contributed by atoms with van der Waals surface area (Å²) < 4.78 is 0. The van der Waals surface area contributed by atoms with Crippen molar-refractivity contribution in [3.8, 4) is 0 Å². The average molecular weight is 193 g/mol. The van der Waals surface area contributed by atoms with Crippen molar-refractivity contribution in [2.45, 2.75) is 40.0 Å². The molecule has 0 saturated carbocycles. The number of hydrogen-bond acceptors (Lipinski definition) is 1. The Morgan fingerprint density at radius 1 is 1.36 bits per heavy atom. The van der Waals surface area contributed by atoms with Gasteiger partial charge in [-0.15, -0.1) is 0 Å². The largest absolute Gasteiger partial charge is 0.385 e. The van der Waals surface area contributed by atoms with E-state index in [0.717, 1.165) is 6.54 Å². The van der Waals surface area contributed by atoms with Crippen LogP contribution in [0, 0.1) is 6.92 Å². The highest BCUT2D eigenvalue weighted by Crippen LogP contribution is 2.22. The summed E-state index contributed by atoms with van der Waals surface area (Å²) in [6.07, 6.45) is 3.76. The van der Waals surface area contributed by atoms with Crippen molar-refractivity contribution >= 4 is 5.69 Å². The lowest BCUT2D eigenvalue weighted by molar-refractivity contribution is 0.829. The van der Waals surface area contributed by atoms with Gasteiger partial charge in [-0.3, -0.25) is 0 Å². The lowest BCUT2D eigenvalue weighted by atomic mass is 10.0. The number of aryl methyl sites for hydroxylation is 2. The molecule has 0 radical (unpaired) electrons. The SMILES string of the molecule is CCC.Cc1ccc2c(c1)NCCC2.[HH]. The van der Waals surface area contributed by atoms with Gasteiger partial charge in [0.2, 0.25) is 0 Å². The first-order valence-electron chi connectivity index (χ1n) is 5.61. The minimum Gasteiger partial charge on any atom is -0.385 e. The molecular formula is C13H23N. The molecule has 1 N–H and O–H groups in total. The molecule has 1 aliphatic heterocycles. The standard InChI is InChI=1S/C10H13N.C3H8.H2/c1-8-4-5-9-3-2-6-11-10(9)7-8;1-3-2;/h4-5,7,11H,2-3,6H2,1H3;3H2,1-2H3;1H. The Balaban J connectivity index is 0.000000443. The second kappa shape index (κ2) is 5.69. The lowest BCUT2D eigenvalue weighted by Crippen LogP contribution is -2.11. The van der Waals surface area contributed by atoms with Gasteiger partial charge in [0, 0.05) is 13.7 Å². The molecule has 0 bridgehead atoms. The monoisotopic (exact) mass is 193 g/mol. The van der Waals surface area contributed by atoms with Crippen LogP contribution in [0.25, 0.3) is 0 Å². The molecule has 80 valence electrons. The van der Waals surface area contributed by atoms with Crippen LogP contribution >= 0.6 is 0 Å². The summed E-state index contributed by atoms with van der Waals surface area (Å²) in [7, 11) is 0. The van der Waals surface area contributed by atoms with E-state index in [1.165, 1.54) is 36.1 Å². The highest BCUT2D eigenvalue weighted by Gasteiger charge is 2.06. The van der Waals surface area contributed by atoms with Crippen molar-refractivity contribution in [3.05, 3.63) is 29.3 Å². The fourth-order valence-corrected chi connectivity index (χ4v) is 1.57. The van der Waals surface area contributed by atoms with Crippen molar-refractivity contribution in [3.63, 3.8) is 0 Å². The molecular weight excluding hydrogens is 170 g/mol. The molecule has 0 spiro atoms. The van der Waals surface area contributed by atoms with Gasteiger partial charge in [0.25, 0.3) is 0 Å². The third kappa shape index (κ3) is 3.06. The normalized spacial score (nSPS) is 13.4. The van der Waals surface area contributed by atoms with Crippen molar-refractivity contribution < 1.29 is 1.43 Å². The van der Waals surface area contributed by atoms with Gasteiger partial charge >= 0.3 is 0 Å². The Morgan fingerprint density at radius 3 is 2.79 bits per heavy atom. The summed E-state index contributed by atoms with van der Waals surface area (Å²) in [5.41, 5.74) is 4.16.